The highest BCUT2D eigenvalue weighted by Gasteiger charge is 2.17. The van der Waals surface area contributed by atoms with Crippen molar-refractivity contribution in [3.63, 3.8) is 0 Å². The van der Waals surface area contributed by atoms with Crippen molar-refractivity contribution in [1.82, 2.24) is 25.5 Å². The Kier molecular flexibility index (Phi) is 5.12. The molecule has 0 bridgehead atoms. The lowest BCUT2D eigenvalue weighted by atomic mass is 10.0. The molecule has 1 unspecified atom stereocenters. The van der Waals surface area contributed by atoms with Gasteiger partial charge in [0, 0.05) is 21.1 Å². The molecule has 1 aromatic heterocycles. The molecule has 0 saturated carbocycles. The molecule has 0 spiro atoms. The lowest BCUT2D eigenvalue weighted by Gasteiger charge is -2.18. The maximum atomic E-state index is 6.09. The van der Waals surface area contributed by atoms with Crippen molar-refractivity contribution in [3.05, 3.63) is 38.2 Å². The number of hydrogen-bond acceptors (Lipinski definition) is 4. The molecule has 0 aliphatic carbocycles. The van der Waals surface area contributed by atoms with Gasteiger partial charge in [0.05, 0.1) is 7.05 Å². The largest absolute Gasteiger partial charge is 0.310 e. The van der Waals surface area contributed by atoms with Gasteiger partial charge in [-0.1, -0.05) is 18.5 Å². The molecule has 0 saturated heterocycles. The van der Waals surface area contributed by atoms with Crippen LogP contribution in [0, 0.1) is 3.57 Å². The van der Waals surface area contributed by atoms with Crippen LogP contribution in [0.3, 0.4) is 0 Å². The van der Waals surface area contributed by atoms with Gasteiger partial charge < -0.3 is 5.32 Å². The minimum absolute atomic E-state index is 0.139. The Morgan fingerprint density at radius 2 is 2.26 bits per heavy atom. The molecule has 2 aromatic rings. The van der Waals surface area contributed by atoms with Crippen LogP contribution in [-0.2, 0) is 13.5 Å². The molecular formula is C12H15ClIN5. The molecule has 102 valence electrons. The summed E-state index contributed by atoms with van der Waals surface area (Å²) < 4.78 is 1.18. The van der Waals surface area contributed by atoms with Crippen LogP contribution in [-0.4, -0.2) is 26.8 Å². The molecule has 1 heterocycles. The average Bonchev–Trinajstić information content (AvgIpc) is 2.77. The highest BCUT2D eigenvalue weighted by atomic mass is 127. The van der Waals surface area contributed by atoms with Gasteiger partial charge in [0.15, 0.2) is 5.82 Å². The second-order valence-corrected chi connectivity index (χ2v) is 5.77. The van der Waals surface area contributed by atoms with Crippen molar-refractivity contribution in [2.75, 3.05) is 6.54 Å². The molecule has 7 heteroatoms. The van der Waals surface area contributed by atoms with Gasteiger partial charge in [-0.05, 0) is 58.1 Å². The molecule has 0 aliphatic rings. The second kappa shape index (κ2) is 6.62. The maximum absolute atomic E-state index is 6.09. The van der Waals surface area contributed by atoms with E-state index in [4.69, 9.17) is 11.6 Å². The van der Waals surface area contributed by atoms with Crippen LogP contribution in [0.2, 0.25) is 5.02 Å². The van der Waals surface area contributed by atoms with E-state index in [1.54, 1.807) is 7.05 Å². The van der Waals surface area contributed by atoms with Gasteiger partial charge >= 0.3 is 0 Å². The number of halogens is 2. The van der Waals surface area contributed by atoms with Crippen molar-refractivity contribution in [3.8, 4) is 0 Å². The summed E-state index contributed by atoms with van der Waals surface area (Å²) in [7, 11) is 1.77. The van der Waals surface area contributed by atoms with E-state index in [0.717, 1.165) is 17.4 Å². The van der Waals surface area contributed by atoms with Crippen LogP contribution in [0.25, 0.3) is 0 Å². The summed E-state index contributed by atoms with van der Waals surface area (Å²) in [5, 5.41) is 16.3. The topological polar surface area (TPSA) is 55.6 Å². The predicted molar refractivity (Wildman–Crippen MR) is 83.1 cm³/mol. The molecular weight excluding hydrogens is 377 g/mol. The van der Waals surface area contributed by atoms with Crippen LogP contribution in [0.4, 0.5) is 0 Å². The number of aromatic nitrogens is 4. The first kappa shape index (κ1) is 14.7. The van der Waals surface area contributed by atoms with Gasteiger partial charge in [0.1, 0.15) is 0 Å². The summed E-state index contributed by atoms with van der Waals surface area (Å²) in [6, 6.07) is 6.05. The van der Waals surface area contributed by atoms with E-state index in [-0.39, 0.29) is 6.04 Å². The number of benzene rings is 1. The van der Waals surface area contributed by atoms with E-state index < -0.39 is 0 Å². The second-order valence-electron chi connectivity index (χ2n) is 4.18. The number of tetrazole rings is 1. The van der Waals surface area contributed by atoms with Crippen LogP contribution >= 0.6 is 34.2 Å². The summed E-state index contributed by atoms with van der Waals surface area (Å²) in [5.41, 5.74) is 1.17. The fourth-order valence-electron chi connectivity index (χ4n) is 1.91. The third kappa shape index (κ3) is 3.87. The number of nitrogens with zero attached hydrogens (tertiary/aromatic N) is 4. The van der Waals surface area contributed by atoms with E-state index >= 15 is 0 Å². The first-order valence-corrected chi connectivity index (χ1v) is 7.47. The summed E-state index contributed by atoms with van der Waals surface area (Å²) >= 11 is 8.41. The number of nitrogens with one attached hydrogen (secondary N) is 1. The Hall–Kier alpha value is -0.730. The van der Waals surface area contributed by atoms with Crippen LogP contribution in [0.5, 0.6) is 0 Å². The normalized spacial score (nSPS) is 12.6. The number of hydrogen-bond donors (Lipinski definition) is 1. The van der Waals surface area contributed by atoms with Gasteiger partial charge in [-0.15, -0.1) is 10.2 Å². The fourth-order valence-corrected chi connectivity index (χ4v) is 2.80. The van der Waals surface area contributed by atoms with E-state index in [9.17, 15) is 0 Å². The summed E-state index contributed by atoms with van der Waals surface area (Å²) in [4.78, 5) is 1.47. The molecule has 1 aromatic carbocycles. The van der Waals surface area contributed by atoms with E-state index in [1.165, 1.54) is 13.9 Å². The zero-order valence-electron chi connectivity index (χ0n) is 10.8. The molecule has 1 atom stereocenters. The highest BCUT2D eigenvalue weighted by molar-refractivity contribution is 14.1. The molecule has 0 aliphatic heterocycles. The minimum atomic E-state index is 0.139. The first-order chi connectivity index (χ1) is 9.10. The molecule has 2 rings (SSSR count). The molecule has 0 amide bonds. The van der Waals surface area contributed by atoms with Crippen molar-refractivity contribution in [2.45, 2.75) is 19.4 Å². The van der Waals surface area contributed by atoms with Crippen molar-refractivity contribution < 1.29 is 0 Å². The van der Waals surface area contributed by atoms with Crippen molar-refractivity contribution >= 4 is 34.2 Å². The lowest BCUT2D eigenvalue weighted by molar-refractivity contribution is 0.533. The quantitative estimate of drug-likeness (QED) is 0.795. The third-order valence-corrected chi connectivity index (χ3v) is 3.94. The maximum Gasteiger partial charge on any atom is 0.176 e. The molecule has 0 fully saturated rings. The summed E-state index contributed by atoms with van der Waals surface area (Å²) in [6.45, 7) is 2.95. The number of aryl methyl sites for hydroxylation is 1. The summed E-state index contributed by atoms with van der Waals surface area (Å²) in [6.07, 6.45) is 0.692. The van der Waals surface area contributed by atoms with Gasteiger partial charge in [-0.2, -0.15) is 4.80 Å². The lowest BCUT2D eigenvalue weighted by Crippen LogP contribution is -2.24. The monoisotopic (exact) mass is 391 g/mol. The minimum Gasteiger partial charge on any atom is -0.310 e. The fraction of sp³-hybridized carbons (Fsp3) is 0.417. The predicted octanol–water partition coefficient (Wildman–Crippen LogP) is 2.36. The van der Waals surface area contributed by atoms with Crippen molar-refractivity contribution in [1.29, 1.82) is 0 Å². The SMILES string of the molecule is CCNC(Cc1nnn(C)n1)c1cc(Cl)ccc1I. The van der Waals surface area contributed by atoms with Gasteiger partial charge in [-0.3, -0.25) is 0 Å². The molecule has 1 N–H and O–H groups in total. The Balaban J connectivity index is 2.26. The van der Waals surface area contributed by atoms with Crippen LogP contribution in [0.15, 0.2) is 18.2 Å². The Morgan fingerprint density at radius 3 is 2.89 bits per heavy atom. The molecule has 5 nitrogen and oxygen atoms in total. The molecule has 19 heavy (non-hydrogen) atoms. The Labute approximate surface area is 130 Å². The van der Waals surface area contributed by atoms with Gasteiger partial charge in [0.2, 0.25) is 0 Å². The van der Waals surface area contributed by atoms with Crippen LogP contribution < -0.4 is 5.32 Å². The Morgan fingerprint density at radius 1 is 1.47 bits per heavy atom. The third-order valence-electron chi connectivity index (χ3n) is 2.72. The van der Waals surface area contributed by atoms with Crippen molar-refractivity contribution in [2.24, 2.45) is 7.05 Å². The zero-order valence-corrected chi connectivity index (χ0v) is 13.7. The molecule has 0 radical (unpaired) electrons. The standard InChI is InChI=1S/C12H15ClIN5/c1-3-15-11(7-12-16-18-19(2)17-12)9-6-8(13)4-5-10(9)14/h4-6,11,15H,3,7H2,1-2H3. The van der Waals surface area contributed by atoms with Gasteiger partial charge in [-0.25, -0.2) is 0 Å². The van der Waals surface area contributed by atoms with Crippen LogP contribution in [0.1, 0.15) is 24.4 Å². The Bertz CT molecular complexity index is 557. The first-order valence-electron chi connectivity index (χ1n) is 6.01. The number of likely N-dealkylation sites (N-methyl/N-ethyl adjacent to an activating group) is 1. The smallest absolute Gasteiger partial charge is 0.176 e. The van der Waals surface area contributed by atoms with E-state index in [1.807, 2.05) is 18.2 Å². The summed E-state index contributed by atoms with van der Waals surface area (Å²) in [5.74, 6) is 0.726. The van der Waals surface area contributed by atoms with E-state index in [0.29, 0.717) is 6.42 Å². The average molecular weight is 392 g/mol. The number of rotatable bonds is 5. The van der Waals surface area contributed by atoms with Gasteiger partial charge in [0.25, 0.3) is 0 Å². The highest BCUT2D eigenvalue weighted by Crippen LogP contribution is 2.25. The zero-order chi connectivity index (χ0) is 13.8. The van der Waals surface area contributed by atoms with E-state index in [2.05, 4.69) is 50.2 Å².